The van der Waals surface area contributed by atoms with Crippen LogP contribution in [0, 0.1) is 10.1 Å². The number of nitro groups is 1. The minimum atomic E-state index is -0.452. The van der Waals surface area contributed by atoms with E-state index < -0.39 is 10.9 Å². The van der Waals surface area contributed by atoms with Crippen molar-refractivity contribution in [2.45, 2.75) is 13.5 Å². The Morgan fingerprint density at radius 2 is 2.10 bits per heavy atom. The first-order chi connectivity index (χ1) is 10.0. The first-order valence-electron chi connectivity index (χ1n) is 6.14. The van der Waals surface area contributed by atoms with E-state index >= 15 is 0 Å². The molecular weight excluding hydrogens is 342 g/mol. The van der Waals surface area contributed by atoms with Crippen LogP contribution in [-0.2, 0) is 11.3 Å². The first-order valence-corrected chi connectivity index (χ1v) is 6.94. The molecule has 1 aromatic carbocycles. The quantitative estimate of drug-likeness (QED) is 0.468. The molecule has 0 aliphatic rings. The third kappa shape index (κ3) is 3.46. The van der Waals surface area contributed by atoms with E-state index in [9.17, 15) is 14.9 Å². The van der Waals surface area contributed by atoms with Gasteiger partial charge in [-0.25, -0.2) is 4.79 Å². The standard InChI is InChI=1S/C13H12BrN3O4/c1-2-21-13(18)11-7-15-16(12(11)14)8-9-3-5-10(6-4-9)17(19)20/h3-7H,2,8H2,1H3. The molecule has 0 saturated heterocycles. The highest BCUT2D eigenvalue weighted by Gasteiger charge is 2.16. The van der Waals surface area contributed by atoms with Gasteiger partial charge in [0, 0.05) is 12.1 Å². The SMILES string of the molecule is CCOC(=O)c1cnn(Cc2ccc([N+](=O)[O-])cc2)c1Br. The van der Waals surface area contributed by atoms with Crippen molar-refractivity contribution in [3.63, 3.8) is 0 Å². The zero-order valence-electron chi connectivity index (χ0n) is 11.2. The van der Waals surface area contributed by atoms with E-state index in [0.717, 1.165) is 5.56 Å². The molecule has 0 unspecified atom stereocenters. The molecule has 0 aliphatic carbocycles. The van der Waals surface area contributed by atoms with Gasteiger partial charge in [-0.05, 0) is 28.4 Å². The lowest BCUT2D eigenvalue weighted by atomic mass is 10.2. The van der Waals surface area contributed by atoms with Gasteiger partial charge < -0.3 is 4.74 Å². The Labute approximate surface area is 128 Å². The number of ether oxygens (including phenoxy) is 1. The van der Waals surface area contributed by atoms with E-state index in [0.29, 0.717) is 23.3 Å². The van der Waals surface area contributed by atoms with Gasteiger partial charge in [0.05, 0.1) is 24.3 Å². The second-order valence-electron chi connectivity index (χ2n) is 4.15. The van der Waals surface area contributed by atoms with Crippen LogP contribution in [0.5, 0.6) is 0 Å². The van der Waals surface area contributed by atoms with Crippen LogP contribution in [0.3, 0.4) is 0 Å². The van der Waals surface area contributed by atoms with Gasteiger partial charge in [-0.3, -0.25) is 14.8 Å². The predicted octanol–water partition coefficient (Wildman–Crippen LogP) is 2.78. The van der Waals surface area contributed by atoms with Crippen LogP contribution in [0.1, 0.15) is 22.8 Å². The minimum absolute atomic E-state index is 0.0329. The molecule has 21 heavy (non-hydrogen) atoms. The Morgan fingerprint density at radius 3 is 2.67 bits per heavy atom. The van der Waals surface area contributed by atoms with E-state index in [1.165, 1.54) is 18.3 Å². The maximum absolute atomic E-state index is 11.7. The molecule has 1 aromatic heterocycles. The first kappa shape index (κ1) is 15.2. The van der Waals surface area contributed by atoms with Gasteiger partial charge in [-0.1, -0.05) is 12.1 Å². The zero-order valence-corrected chi connectivity index (χ0v) is 12.7. The summed E-state index contributed by atoms with van der Waals surface area (Å²) in [6, 6.07) is 6.16. The van der Waals surface area contributed by atoms with Crippen LogP contribution in [-0.4, -0.2) is 27.3 Å². The van der Waals surface area contributed by atoms with Crippen molar-refractivity contribution in [2.24, 2.45) is 0 Å². The van der Waals surface area contributed by atoms with Crippen molar-refractivity contribution in [1.29, 1.82) is 0 Å². The number of halogens is 1. The summed E-state index contributed by atoms with van der Waals surface area (Å²) in [5, 5.41) is 14.7. The van der Waals surface area contributed by atoms with Gasteiger partial charge in [0.15, 0.2) is 0 Å². The molecular formula is C13H12BrN3O4. The lowest BCUT2D eigenvalue weighted by Crippen LogP contribution is -2.06. The van der Waals surface area contributed by atoms with Crippen LogP contribution >= 0.6 is 15.9 Å². The van der Waals surface area contributed by atoms with Crippen LogP contribution < -0.4 is 0 Å². The molecule has 0 aliphatic heterocycles. The summed E-state index contributed by atoms with van der Waals surface area (Å²) in [6.07, 6.45) is 1.42. The summed E-state index contributed by atoms with van der Waals surface area (Å²) < 4.78 is 7.01. The molecule has 110 valence electrons. The van der Waals surface area contributed by atoms with Crippen molar-refractivity contribution >= 4 is 27.6 Å². The van der Waals surface area contributed by atoms with Crippen molar-refractivity contribution < 1.29 is 14.5 Å². The van der Waals surface area contributed by atoms with E-state index in [-0.39, 0.29) is 5.69 Å². The summed E-state index contributed by atoms with van der Waals surface area (Å²) in [5.41, 5.74) is 1.21. The highest BCUT2D eigenvalue weighted by molar-refractivity contribution is 9.10. The number of nitrogens with zero attached hydrogens (tertiary/aromatic N) is 3. The molecule has 0 saturated carbocycles. The van der Waals surface area contributed by atoms with Crippen LogP contribution in [0.4, 0.5) is 5.69 Å². The monoisotopic (exact) mass is 353 g/mol. The molecule has 0 spiro atoms. The Bertz CT molecular complexity index is 667. The second kappa shape index (κ2) is 6.49. The Balaban J connectivity index is 2.16. The van der Waals surface area contributed by atoms with E-state index in [1.807, 2.05) is 0 Å². The fourth-order valence-corrected chi connectivity index (χ4v) is 2.20. The number of hydrogen-bond acceptors (Lipinski definition) is 5. The molecule has 2 rings (SSSR count). The fraction of sp³-hybridized carbons (Fsp3) is 0.231. The molecule has 1 heterocycles. The molecule has 8 heteroatoms. The second-order valence-corrected chi connectivity index (χ2v) is 4.90. The van der Waals surface area contributed by atoms with Gasteiger partial charge in [-0.2, -0.15) is 5.10 Å². The summed E-state index contributed by atoms with van der Waals surface area (Å²) >= 11 is 3.31. The molecule has 2 aromatic rings. The number of non-ortho nitro benzene ring substituents is 1. The molecule has 0 radical (unpaired) electrons. The van der Waals surface area contributed by atoms with Crippen molar-refractivity contribution in [3.8, 4) is 0 Å². The van der Waals surface area contributed by atoms with Gasteiger partial charge in [0.25, 0.3) is 5.69 Å². The van der Waals surface area contributed by atoms with Gasteiger partial charge >= 0.3 is 5.97 Å². The number of carbonyl (C=O) groups excluding carboxylic acids is 1. The zero-order chi connectivity index (χ0) is 15.4. The Kier molecular flexibility index (Phi) is 4.69. The summed E-state index contributed by atoms with van der Waals surface area (Å²) in [7, 11) is 0. The average Bonchev–Trinajstić information content (AvgIpc) is 2.81. The van der Waals surface area contributed by atoms with Crippen molar-refractivity contribution in [3.05, 3.63) is 56.3 Å². The van der Waals surface area contributed by atoms with E-state index in [4.69, 9.17) is 4.74 Å². The van der Waals surface area contributed by atoms with Crippen molar-refractivity contribution in [2.75, 3.05) is 6.61 Å². The molecule has 0 atom stereocenters. The number of aromatic nitrogens is 2. The number of esters is 1. The van der Waals surface area contributed by atoms with Gasteiger partial charge in [-0.15, -0.1) is 0 Å². The van der Waals surface area contributed by atoms with Gasteiger partial charge in [0.1, 0.15) is 10.2 Å². The highest BCUT2D eigenvalue weighted by atomic mass is 79.9. The van der Waals surface area contributed by atoms with E-state index in [1.54, 1.807) is 23.7 Å². The molecule has 0 amide bonds. The highest BCUT2D eigenvalue weighted by Crippen LogP contribution is 2.19. The summed E-state index contributed by atoms with van der Waals surface area (Å²) in [5.74, 6) is -0.445. The third-order valence-corrected chi connectivity index (χ3v) is 3.59. The maximum Gasteiger partial charge on any atom is 0.342 e. The molecule has 0 N–H and O–H groups in total. The number of nitro benzene ring substituents is 1. The Hall–Kier alpha value is -2.22. The minimum Gasteiger partial charge on any atom is -0.462 e. The lowest BCUT2D eigenvalue weighted by molar-refractivity contribution is -0.384. The largest absolute Gasteiger partial charge is 0.462 e. The molecule has 0 fully saturated rings. The number of hydrogen-bond donors (Lipinski definition) is 0. The molecule has 0 bridgehead atoms. The average molecular weight is 354 g/mol. The number of rotatable bonds is 5. The van der Waals surface area contributed by atoms with Crippen LogP contribution in [0.2, 0.25) is 0 Å². The van der Waals surface area contributed by atoms with Gasteiger partial charge in [0.2, 0.25) is 0 Å². The lowest BCUT2D eigenvalue weighted by Gasteiger charge is -2.04. The Morgan fingerprint density at radius 1 is 1.43 bits per heavy atom. The third-order valence-electron chi connectivity index (χ3n) is 2.75. The summed E-state index contributed by atoms with van der Waals surface area (Å²) in [4.78, 5) is 21.8. The topological polar surface area (TPSA) is 87.3 Å². The predicted molar refractivity (Wildman–Crippen MR) is 78.1 cm³/mol. The summed E-state index contributed by atoms with van der Waals surface area (Å²) in [6.45, 7) is 2.41. The van der Waals surface area contributed by atoms with Crippen molar-refractivity contribution in [1.82, 2.24) is 9.78 Å². The number of benzene rings is 1. The normalized spacial score (nSPS) is 10.4. The van der Waals surface area contributed by atoms with E-state index in [2.05, 4.69) is 21.0 Å². The number of carbonyl (C=O) groups is 1. The van der Waals surface area contributed by atoms with Crippen LogP contribution in [0.15, 0.2) is 35.1 Å². The fourth-order valence-electron chi connectivity index (χ4n) is 1.72. The maximum atomic E-state index is 11.7. The smallest absolute Gasteiger partial charge is 0.342 e. The molecule has 7 nitrogen and oxygen atoms in total. The van der Waals surface area contributed by atoms with Crippen LogP contribution in [0.25, 0.3) is 0 Å².